The molecule has 2 aliphatic carbocycles. The van der Waals surface area contributed by atoms with Crippen LogP contribution in [0.15, 0.2) is 42.7 Å². The van der Waals surface area contributed by atoms with E-state index in [-0.39, 0.29) is 0 Å². The van der Waals surface area contributed by atoms with Crippen molar-refractivity contribution in [2.75, 3.05) is 26.1 Å². The molecule has 1 N–H and O–H groups in total. The molecule has 5 rings (SSSR count). The maximum Gasteiger partial charge on any atom is 0.162 e. The van der Waals surface area contributed by atoms with Gasteiger partial charge in [0.15, 0.2) is 11.5 Å². The topological polar surface area (TPSA) is 59.5 Å². The molecule has 6 heteroatoms. The van der Waals surface area contributed by atoms with Crippen molar-refractivity contribution in [3.05, 3.63) is 48.3 Å². The maximum atomic E-state index is 5.49. The van der Waals surface area contributed by atoms with E-state index >= 15 is 0 Å². The third-order valence-electron chi connectivity index (χ3n) is 7.85. The molecule has 0 radical (unpaired) electrons. The van der Waals surface area contributed by atoms with E-state index < -0.39 is 0 Å². The molecule has 2 fully saturated rings. The minimum atomic E-state index is 0.646. The largest absolute Gasteiger partial charge is 0.493 e. The Bertz CT molecular complexity index is 1240. The number of benzene rings is 2. The third-order valence-corrected chi connectivity index (χ3v) is 7.85. The van der Waals surface area contributed by atoms with Crippen molar-refractivity contribution >= 4 is 22.4 Å². The summed E-state index contributed by atoms with van der Waals surface area (Å²) in [6, 6.07) is 13.4. The van der Waals surface area contributed by atoms with Crippen LogP contribution < -0.4 is 14.8 Å². The van der Waals surface area contributed by atoms with Crippen LogP contribution >= 0.6 is 0 Å². The van der Waals surface area contributed by atoms with E-state index in [1.807, 2.05) is 24.3 Å². The molecule has 0 spiro atoms. The first-order valence-electron chi connectivity index (χ1n) is 13.7. The number of fused-ring (bicyclic) bond motifs is 1. The molecule has 0 aliphatic heterocycles. The summed E-state index contributed by atoms with van der Waals surface area (Å²) in [6.45, 7) is 0.866. The number of hydrogen-bond donors (Lipinski definition) is 1. The van der Waals surface area contributed by atoms with Crippen LogP contribution in [0.1, 0.15) is 69.8 Å². The molecule has 2 aliphatic rings. The van der Waals surface area contributed by atoms with Crippen molar-refractivity contribution < 1.29 is 9.47 Å². The van der Waals surface area contributed by atoms with Crippen molar-refractivity contribution in [3.8, 4) is 23.3 Å². The predicted octanol–water partition coefficient (Wildman–Crippen LogP) is 6.71. The molecule has 0 unspecified atom stereocenters. The first-order chi connectivity index (χ1) is 18.2. The molecule has 0 atom stereocenters. The SMILES string of the molecule is COc1cc2ncnc(Nc3cccc(C#CCN(C4CCCCC4)C4CCCCC4)c3)c2cc1OC. The van der Waals surface area contributed by atoms with Crippen molar-refractivity contribution in [1.29, 1.82) is 0 Å². The number of nitrogens with zero attached hydrogens (tertiary/aromatic N) is 3. The first-order valence-corrected chi connectivity index (χ1v) is 13.7. The standard InChI is InChI=1S/C31H38N4O2/c1-36-29-20-27-28(21-30(29)37-2)32-22-33-31(27)34-24-13-9-11-23(19-24)12-10-18-35(25-14-5-3-6-15-25)26-16-7-4-8-17-26/h9,11,13,19-22,25-26H,3-8,14-18H2,1-2H3,(H,32,33,34). The van der Waals surface area contributed by atoms with Crippen LogP contribution in [-0.2, 0) is 0 Å². The first kappa shape index (κ1) is 25.4. The van der Waals surface area contributed by atoms with Gasteiger partial charge in [0.05, 0.1) is 26.3 Å². The molecule has 1 aromatic heterocycles. The van der Waals surface area contributed by atoms with E-state index in [0.717, 1.165) is 34.5 Å². The molecule has 0 bridgehead atoms. The number of rotatable bonds is 7. The number of nitrogens with one attached hydrogen (secondary N) is 1. The number of aromatic nitrogens is 2. The van der Waals surface area contributed by atoms with Gasteiger partial charge in [-0.1, -0.05) is 56.4 Å². The Morgan fingerprint density at radius 1 is 0.865 bits per heavy atom. The van der Waals surface area contributed by atoms with Crippen LogP contribution in [0.25, 0.3) is 10.9 Å². The van der Waals surface area contributed by atoms with Crippen LogP contribution in [0.3, 0.4) is 0 Å². The summed E-state index contributed by atoms with van der Waals surface area (Å²) < 4.78 is 10.9. The Morgan fingerprint density at radius 3 is 2.22 bits per heavy atom. The average Bonchev–Trinajstić information content (AvgIpc) is 2.96. The minimum absolute atomic E-state index is 0.646. The summed E-state index contributed by atoms with van der Waals surface area (Å²) in [4.78, 5) is 11.6. The molecule has 3 aromatic rings. The van der Waals surface area contributed by atoms with Gasteiger partial charge >= 0.3 is 0 Å². The van der Waals surface area contributed by atoms with Crippen LogP contribution in [-0.4, -0.2) is 47.7 Å². The average molecular weight is 499 g/mol. The number of ether oxygens (including phenoxy) is 2. The van der Waals surface area contributed by atoms with E-state index in [2.05, 4.69) is 44.2 Å². The zero-order chi connectivity index (χ0) is 25.5. The second-order valence-electron chi connectivity index (χ2n) is 10.2. The molecule has 6 nitrogen and oxygen atoms in total. The molecule has 1 heterocycles. The van der Waals surface area contributed by atoms with E-state index in [0.29, 0.717) is 23.6 Å². The molecular weight excluding hydrogens is 460 g/mol. The number of hydrogen-bond acceptors (Lipinski definition) is 6. The summed E-state index contributed by atoms with van der Waals surface area (Å²) in [5, 5.41) is 4.32. The van der Waals surface area contributed by atoms with Gasteiger partial charge in [-0.25, -0.2) is 9.97 Å². The van der Waals surface area contributed by atoms with Gasteiger partial charge in [0.2, 0.25) is 0 Å². The minimum Gasteiger partial charge on any atom is -0.493 e. The zero-order valence-electron chi connectivity index (χ0n) is 22.1. The van der Waals surface area contributed by atoms with E-state index in [1.165, 1.54) is 64.2 Å². The van der Waals surface area contributed by atoms with Gasteiger partial charge in [-0.15, -0.1) is 0 Å². The molecule has 0 amide bonds. The summed E-state index contributed by atoms with van der Waals surface area (Å²) in [6.07, 6.45) is 15.1. The third kappa shape index (κ3) is 6.17. The molecule has 0 saturated heterocycles. The Morgan fingerprint density at radius 2 is 1.54 bits per heavy atom. The fourth-order valence-corrected chi connectivity index (χ4v) is 5.91. The predicted molar refractivity (Wildman–Crippen MR) is 150 cm³/mol. The quantitative estimate of drug-likeness (QED) is 0.365. The van der Waals surface area contributed by atoms with Crippen molar-refractivity contribution in [3.63, 3.8) is 0 Å². The van der Waals surface area contributed by atoms with E-state index in [9.17, 15) is 0 Å². The van der Waals surface area contributed by atoms with E-state index in [1.54, 1.807) is 20.5 Å². The summed E-state index contributed by atoms with van der Waals surface area (Å²) in [7, 11) is 3.26. The lowest BCUT2D eigenvalue weighted by molar-refractivity contribution is 0.0961. The van der Waals surface area contributed by atoms with Crippen LogP contribution in [0.4, 0.5) is 11.5 Å². The van der Waals surface area contributed by atoms with Gasteiger partial charge in [0, 0.05) is 34.8 Å². The van der Waals surface area contributed by atoms with Crippen LogP contribution in [0.2, 0.25) is 0 Å². The lowest BCUT2D eigenvalue weighted by atomic mass is 9.88. The highest BCUT2D eigenvalue weighted by atomic mass is 16.5. The zero-order valence-corrected chi connectivity index (χ0v) is 22.1. The van der Waals surface area contributed by atoms with Crippen LogP contribution in [0.5, 0.6) is 11.5 Å². The normalized spacial score (nSPS) is 16.8. The van der Waals surface area contributed by atoms with Gasteiger partial charge < -0.3 is 14.8 Å². The molecular formula is C31H38N4O2. The summed E-state index contributed by atoms with van der Waals surface area (Å²) >= 11 is 0. The maximum absolute atomic E-state index is 5.49. The van der Waals surface area contributed by atoms with E-state index in [4.69, 9.17) is 9.47 Å². The Balaban J connectivity index is 1.33. The van der Waals surface area contributed by atoms with Crippen LogP contribution in [0, 0.1) is 11.8 Å². The van der Waals surface area contributed by atoms with Crippen molar-refractivity contribution in [1.82, 2.24) is 14.9 Å². The summed E-state index contributed by atoms with van der Waals surface area (Å²) in [5.41, 5.74) is 2.74. The molecule has 194 valence electrons. The second kappa shape index (κ2) is 12.3. The molecule has 2 saturated carbocycles. The van der Waals surface area contributed by atoms with Gasteiger partial charge in [-0.2, -0.15) is 0 Å². The number of methoxy groups -OCH3 is 2. The van der Waals surface area contributed by atoms with Crippen molar-refractivity contribution in [2.45, 2.75) is 76.3 Å². The smallest absolute Gasteiger partial charge is 0.162 e. The Kier molecular flexibility index (Phi) is 8.42. The second-order valence-corrected chi connectivity index (χ2v) is 10.2. The highest BCUT2D eigenvalue weighted by Crippen LogP contribution is 2.34. The van der Waals surface area contributed by atoms with Gasteiger partial charge in [-0.3, -0.25) is 4.90 Å². The van der Waals surface area contributed by atoms with Crippen molar-refractivity contribution in [2.24, 2.45) is 0 Å². The lowest BCUT2D eigenvalue weighted by Crippen LogP contribution is -2.45. The van der Waals surface area contributed by atoms with Gasteiger partial charge in [0.25, 0.3) is 0 Å². The lowest BCUT2D eigenvalue weighted by Gasteiger charge is -2.40. The fourth-order valence-electron chi connectivity index (χ4n) is 5.91. The molecule has 37 heavy (non-hydrogen) atoms. The van der Waals surface area contributed by atoms with Gasteiger partial charge in [-0.05, 0) is 49.9 Å². The highest BCUT2D eigenvalue weighted by Gasteiger charge is 2.28. The summed E-state index contributed by atoms with van der Waals surface area (Å²) in [5.74, 6) is 9.00. The molecule has 2 aromatic carbocycles. The fraction of sp³-hybridized carbons (Fsp3) is 0.484. The highest BCUT2D eigenvalue weighted by molar-refractivity contribution is 5.93. The Labute approximate surface area is 220 Å². The monoisotopic (exact) mass is 498 g/mol. The van der Waals surface area contributed by atoms with Gasteiger partial charge in [0.1, 0.15) is 12.1 Å². The number of anilines is 2. The Hall–Kier alpha value is -3.30.